The van der Waals surface area contributed by atoms with Crippen molar-refractivity contribution >= 4 is 47.2 Å². The van der Waals surface area contributed by atoms with Crippen LogP contribution in [-0.2, 0) is 11.3 Å². The second-order valence-electron chi connectivity index (χ2n) is 6.69. The summed E-state index contributed by atoms with van der Waals surface area (Å²) < 4.78 is 7.25. The number of esters is 1. The Kier molecular flexibility index (Phi) is 11.9. The van der Waals surface area contributed by atoms with Crippen LogP contribution in [0.1, 0.15) is 65.9 Å². The number of hydrogen-bond donors (Lipinski definition) is 2. The van der Waals surface area contributed by atoms with Gasteiger partial charge in [-0.15, -0.1) is 35.3 Å². The maximum Gasteiger partial charge on any atom is 0.350 e. The number of guanidine groups is 1. The van der Waals surface area contributed by atoms with Gasteiger partial charge in [-0.25, -0.2) is 14.8 Å². The molecule has 2 heterocycles. The monoisotopic (exact) mass is 548 g/mol. The van der Waals surface area contributed by atoms with Crippen molar-refractivity contribution in [1.29, 1.82) is 0 Å². The van der Waals surface area contributed by atoms with Crippen molar-refractivity contribution in [2.75, 3.05) is 19.7 Å². The van der Waals surface area contributed by atoms with Crippen LogP contribution in [0.2, 0.25) is 0 Å². The number of nitrogens with one attached hydrogen (secondary N) is 2. The Bertz CT molecular complexity index is 820. The predicted molar refractivity (Wildman–Crippen MR) is 132 cm³/mol. The van der Waals surface area contributed by atoms with Crippen LogP contribution in [0, 0.1) is 13.8 Å². The first-order valence-corrected chi connectivity index (χ1v) is 10.9. The Morgan fingerprint density at radius 1 is 1.33 bits per heavy atom. The second-order valence-corrected chi connectivity index (χ2v) is 7.72. The van der Waals surface area contributed by atoms with Gasteiger partial charge in [0.2, 0.25) is 0 Å². The average molecular weight is 548 g/mol. The van der Waals surface area contributed by atoms with Gasteiger partial charge in [0.05, 0.1) is 18.3 Å². The van der Waals surface area contributed by atoms with Gasteiger partial charge < -0.3 is 19.9 Å². The van der Waals surface area contributed by atoms with E-state index in [-0.39, 0.29) is 36.0 Å². The van der Waals surface area contributed by atoms with E-state index < -0.39 is 0 Å². The molecule has 0 radical (unpaired) electrons. The Labute approximate surface area is 200 Å². The molecule has 1 unspecified atom stereocenters. The van der Waals surface area contributed by atoms with E-state index >= 15 is 0 Å². The lowest BCUT2D eigenvalue weighted by Crippen LogP contribution is -2.38. The lowest BCUT2D eigenvalue weighted by atomic mass is 10.3. The number of nitrogens with zero attached hydrogens (tertiary/aromatic N) is 4. The Morgan fingerprint density at radius 3 is 2.73 bits per heavy atom. The summed E-state index contributed by atoms with van der Waals surface area (Å²) in [6, 6.07) is -0.0618. The maximum atomic E-state index is 12.0. The number of rotatable bonds is 10. The van der Waals surface area contributed by atoms with Crippen LogP contribution in [-0.4, -0.2) is 46.2 Å². The van der Waals surface area contributed by atoms with Gasteiger partial charge in [-0.1, -0.05) is 0 Å². The van der Waals surface area contributed by atoms with Crippen molar-refractivity contribution in [3.63, 3.8) is 0 Å². The molecular weight excluding hydrogens is 515 g/mol. The summed E-state index contributed by atoms with van der Waals surface area (Å²) >= 11 is 1.37. The van der Waals surface area contributed by atoms with Crippen molar-refractivity contribution in [2.45, 2.75) is 60.0 Å². The number of thiazole rings is 1. The minimum atomic E-state index is -0.311. The number of carbonyl (C=O) groups is 1. The third-order valence-electron chi connectivity index (χ3n) is 4.34. The molecule has 0 aliphatic carbocycles. The third-order valence-corrected chi connectivity index (χ3v) is 5.66. The first kappa shape index (κ1) is 26.3. The highest BCUT2D eigenvalue weighted by Gasteiger charge is 2.20. The fourth-order valence-electron chi connectivity index (χ4n) is 2.80. The molecule has 1 atom stereocenters. The van der Waals surface area contributed by atoms with Crippen LogP contribution in [0.15, 0.2) is 17.4 Å². The first-order valence-electron chi connectivity index (χ1n) is 10.1. The molecular formula is C20H33IN6O2S. The van der Waals surface area contributed by atoms with E-state index in [1.165, 1.54) is 11.3 Å². The van der Waals surface area contributed by atoms with Crippen molar-refractivity contribution in [3.05, 3.63) is 33.8 Å². The summed E-state index contributed by atoms with van der Waals surface area (Å²) in [7, 11) is 0. The van der Waals surface area contributed by atoms with E-state index in [1.807, 2.05) is 40.1 Å². The molecule has 0 spiro atoms. The van der Waals surface area contributed by atoms with Crippen molar-refractivity contribution in [1.82, 2.24) is 25.2 Å². The van der Waals surface area contributed by atoms with E-state index in [4.69, 9.17) is 4.74 Å². The molecule has 30 heavy (non-hydrogen) atoms. The fraction of sp³-hybridized carbons (Fsp3) is 0.600. The van der Waals surface area contributed by atoms with Crippen LogP contribution in [0.3, 0.4) is 0 Å². The number of aromatic nitrogens is 3. The topological polar surface area (TPSA) is 93.4 Å². The summed E-state index contributed by atoms with van der Waals surface area (Å²) in [6.45, 7) is 12.5. The molecule has 0 saturated heterocycles. The smallest absolute Gasteiger partial charge is 0.350 e. The number of ether oxygens (including phenoxy) is 1. The van der Waals surface area contributed by atoms with E-state index in [0.29, 0.717) is 17.2 Å². The zero-order valence-corrected chi connectivity index (χ0v) is 21.5. The molecule has 2 N–H and O–H groups in total. The van der Waals surface area contributed by atoms with Gasteiger partial charge in [0, 0.05) is 32.0 Å². The normalized spacial score (nSPS) is 12.2. The molecule has 0 fully saturated rings. The zero-order chi connectivity index (χ0) is 21.2. The molecule has 10 heteroatoms. The van der Waals surface area contributed by atoms with Crippen LogP contribution < -0.4 is 10.6 Å². The molecule has 2 rings (SSSR count). The van der Waals surface area contributed by atoms with Gasteiger partial charge in [-0.2, -0.15) is 0 Å². The van der Waals surface area contributed by atoms with E-state index in [2.05, 4.69) is 30.2 Å². The van der Waals surface area contributed by atoms with Crippen LogP contribution in [0.5, 0.6) is 0 Å². The molecule has 0 aromatic carbocycles. The maximum absolute atomic E-state index is 12.0. The lowest BCUT2D eigenvalue weighted by molar-refractivity contribution is 0.0531. The van der Waals surface area contributed by atoms with E-state index in [9.17, 15) is 4.79 Å². The quantitative estimate of drug-likeness (QED) is 0.154. The summed E-state index contributed by atoms with van der Waals surface area (Å²) in [4.78, 5) is 26.0. The standard InChI is InChI=1S/C20H32N6O2S.HI/c1-6-21-20(23-10-8-9-12-26-13-11-22-16(26)5)25-15(4)18-24-14(3)17(29-18)19(27)28-7-2;/h11,13,15H,6-10,12H2,1-5H3,(H2,21,23,25);1H. The van der Waals surface area contributed by atoms with Gasteiger partial charge in [0.1, 0.15) is 15.7 Å². The molecule has 0 bridgehead atoms. The largest absolute Gasteiger partial charge is 0.462 e. The van der Waals surface area contributed by atoms with Crippen molar-refractivity contribution in [3.8, 4) is 0 Å². The number of unbranched alkanes of at least 4 members (excludes halogenated alkanes) is 1. The van der Waals surface area contributed by atoms with Crippen LogP contribution >= 0.6 is 35.3 Å². The summed E-state index contributed by atoms with van der Waals surface area (Å²) in [5.41, 5.74) is 0.703. The summed E-state index contributed by atoms with van der Waals surface area (Å²) in [5, 5.41) is 7.49. The van der Waals surface area contributed by atoms with Gasteiger partial charge >= 0.3 is 5.97 Å². The summed E-state index contributed by atoms with van der Waals surface area (Å²) in [5.74, 6) is 1.48. The number of hydrogen-bond acceptors (Lipinski definition) is 6. The lowest BCUT2D eigenvalue weighted by Gasteiger charge is -2.16. The van der Waals surface area contributed by atoms with Crippen molar-refractivity contribution in [2.24, 2.45) is 4.99 Å². The highest BCUT2D eigenvalue weighted by atomic mass is 127. The highest BCUT2D eigenvalue weighted by Crippen LogP contribution is 2.24. The molecule has 2 aromatic rings. The summed E-state index contributed by atoms with van der Waals surface area (Å²) in [6.07, 6.45) is 5.87. The van der Waals surface area contributed by atoms with Crippen LogP contribution in [0.25, 0.3) is 0 Å². The fourth-order valence-corrected chi connectivity index (χ4v) is 3.76. The third kappa shape index (κ3) is 7.86. The predicted octanol–water partition coefficient (Wildman–Crippen LogP) is 3.85. The van der Waals surface area contributed by atoms with Gasteiger partial charge in [-0.3, -0.25) is 4.99 Å². The molecule has 168 valence electrons. The Hall–Kier alpha value is -1.69. The molecule has 0 aliphatic rings. The number of carbonyl (C=O) groups excluding carboxylic acids is 1. The molecule has 2 aromatic heterocycles. The van der Waals surface area contributed by atoms with E-state index in [0.717, 1.165) is 49.3 Å². The number of halogens is 1. The number of aryl methyl sites for hydroxylation is 3. The van der Waals surface area contributed by atoms with E-state index in [1.54, 1.807) is 6.92 Å². The van der Waals surface area contributed by atoms with Gasteiger partial charge in [-0.05, 0) is 47.5 Å². The number of imidazole rings is 1. The molecule has 8 nitrogen and oxygen atoms in total. The average Bonchev–Trinajstić information content (AvgIpc) is 3.27. The molecule has 0 amide bonds. The molecule has 0 aliphatic heterocycles. The van der Waals surface area contributed by atoms with Gasteiger partial charge in [0.15, 0.2) is 5.96 Å². The zero-order valence-electron chi connectivity index (χ0n) is 18.4. The number of aliphatic imine (C=N–C) groups is 1. The van der Waals surface area contributed by atoms with Crippen molar-refractivity contribution < 1.29 is 9.53 Å². The minimum absolute atomic E-state index is 0. The SMILES string of the molecule is CCNC(=NCCCCn1ccnc1C)NC(C)c1nc(C)c(C(=O)OCC)s1.I. The Morgan fingerprint density at radius 2 is 2.10 bits per heavy atom. The first-order chi connectivity index (χ1) is 14.0. The van der Waals surface area contributed by atoms with Crippen LogP contribution in [0.4, 0.5) is 0 Å². The van der Waals surface area contributed by atoms with Gasteiger partial charge in [0.25, 0.3) is 0 Å². The Balaban J connectivity index is 0.00000450. The highest BCUT2D eigenvalue weighted by molar-refractivity contribution is 14.0. The second kappa shape index (κ2) is 13.6. The minimum Gasteiger partial charge on any atom is -0.462 e. The molecule has 0 saturated carbocycles.